The highest BCUT2D eigenvalue weighted by molar-refractivity contribution is 4.37. The molecule has 0 amide bonds. The van der Waals surface area contributed by atoms with Crippen molar-refractivity contribution in [2.45, 2.75) is 13.2 Å². The lowest BCUT2D eigenvalue weighted by Gasteiger charge is -2.08. The first kappa shape index (κ1) is 16.8. The number of nitrogens with one attached hydrogen (secondary N) is 1. The quantitative estimate of drug-likeness (QED) is 0.343. The smallest absolute Gasteiger partial charge is 0.151 e. The minimum Gasteiger partial charge on any atom is -0.378 e. The minimum absolute atomic E-state index is 0.394. The maximum Gasteiger partial charge on any atom is 0.151 e. The van der Waals surface area contributed by atoms with Gasteiger partial charge in [-0.15, -0.1) is 0 Å². The second kappa shape index (κ2) is 13.8. The lowest BCUT2D eigenvalue weighted by Crippen LogP contribution is -2.17. The van der Waals surface area contributed by atoms with Gasteiger partial charge in [-0.2, -0.15) is 0 Å². The molecule has 6 heteroatoms. The maximum atomic E-state index is 8.79. The van der Waals surface area contributed by atoms with Crippen LogP contribution >= 0.6 is 0 Å². The van der Waals surface area contributed by atoms with Crippen LogP contribution in [-0.2, 0) is 18.9 Å². The summed E-state index contributed by atoms with van der Waals surface area (Å²) in [5.74, 6) is 0. The molecule has 0 aromatic rings. The lowest BCUT2D eigenvalue weighted by atomic mass is 10.6. The number of likely N-dealkylation sites (N-methyl/N-ethyl adjacent to an activating group) is 1. The first-order chi connectivity index (χ1) is 8.27. The van der Waals surface area contributed by atoms with E-state index < -0.39 is 6.29 Å². The molecule has 0 aliphatic heterocycles. The third kappa shape index (κ3) is 15.8. The minimum atomic E-state index is -0.732. The van der Waals surface area contributed by atoms with Crippen molar-refractivity contribution < 1.29 is 24.1 Å². The third-order valence-electron chi connectivity index (χ3n) is 1.83. The van der Waals surface area contributed by atoms with Gasteiger partial charge in [0.25, 0.3) is 0 Å². The van der Waals surface area contributed by atoms with Crippen molar-refractivity contribution in [1.82, 2.24) is 5.32 Å². The fraction of sp³-hybridized carbons (Fsp3) is 1.00. The normalized spacial score (nSPS) is 12.9. The summed E-state index contributed by atoms with van der Waals surface area (Å²) in [6, 6.07) is 0. The molecule has 0 bridgehead atoms. The Morgan fingerprint density at radius 3 is 1.82 bits per heavy atom. The molecule has 0 saturated carbocycles. The molecule has 1 atom stereocenters. The van der Waals surface area contributed by atoms with Gasteiger partial charge in [0.15, 0.2) is 6.29 Å². The average Bonchev–Trinajstić information content (AvgIpc) is 2.30. The number of ether oxygens (including phenoxy) is 4. The Labute approximate surface area is 103 Å². The molecule has 0 aromatic carbocycles. The van der Waals surface area contributed by atoms with E-state index >= 15 is 0 Å². The Hall–Kier alpha value is -0.240. The second-order valence-corrected chi connectivity index (χ2v) is 3.41. The van der Waals surface area contributed by atoms with Crippen molar-refractivity contribution >= 4 is 0 Å². The van der Waals surface area contributed by atoms with Gasteiger partial charge in [-0.1, -0.05) is 0 Å². The van der Waals surface area contributed by atoms with Crippen LogP contribution in [0.25, 0.3) is 0 Å². The fourth-order valence-corrected chi connectivity index (χ4v) is 0.994. The van der Waals surface area contributed by atoms with Crippen LogP contribution in [0.5, 0.6) is 0 Å². The molecular formula is C11H25NO5. The largest absolute Gasteiger partial charge is 0.378 e. The van der Waals surface area contributed by atoms with Gasteiger partial charge in [0.2, 0.25) is 0 Å². The molecule has 0 saturated heterocycles. The van der Waals surface area contributed by atoms with E-state index in [9.17, 15) is 0 Å². The van der Waals surface area contributed by atoms with Crippen LogP contribution in [0.3, 0.4) is 0 Å². The number of aliphatic hydroxyl groups is 1. The first-order valence-electron chi connectivity index (χ1n) is 5.95. The summed E-state index contributed by atoms with van der Waals surface area (Å²) >= 11 is 0. The van der Waals surface area contributed by atoms with Gasteiger partial charge in [-0.25, -0.2) is 0 Å². The lowest BCUT2D eigenvalue weighted by molar-refractivity contribution is -0.102. The number of rotatable bonds is 13. The van der Waals surface area contributed by atoms with Crippen LogP contribution in [0.2, 0.25) is 0 Å². The van der Waals surface area contributed by atoms with Gasteiger partial charge in [0.1, 0.15) is 0 Å². The summed E-state index contributed by atoms with van der Waals surface area (Å²) < 4.78 is 20.7. The zero-order valence-electron chi connectivity index (χ0n) is 10.8. The summed E-state index contributed by atoms with van der Waals surface area (Å²) in [6.45, 7) is 6.24. The summed E-state index contributed by atoms with van der Waals surface area (Å²) in [7, 11) is 1.89. The molecule has 6 nitrogen and oxygen atoms in total. The molecule has 0 fully saturated rings. The van der Waals surface area contributed by atoms with E-state index in [1.807, 2.05) is 7.05 Å². The van der Waals surface area contributed by atoms with Gasteiger partial charge in [0.05, 0.1) is 46.2 Å². The van der Waals surface area contributed by atoms with Crippen LogP contribution in [0.1, 0.15) is 6.92 Å². The molecule has 0 aliphatic rings. The molecule has 0 aromatic heterocycles. The maximum absolute atomic E-state index is 8.79. The van der Waals surface area contributed by atoms with Crippen LogP contribution in [0.4, 0.5) is 0 Å². The predicted octanol–water partition coefficient (Wildman–Crippen LogP) is -0.389. The van der Waals surface area contributed by atoms with Crippen molar-refractivity contribution in [1.29, 1.82) is 0 Å². The highest BCUT2D eigenvalue weighted by Gasteiger charge is 1.94. The molecule has 1 unspecified atom stereocenters. The Morgan fingerprint density at radius 2 is 1.35 bits per heavy atom. The van der Waals surface area contributed by atoms with Gasteiger partial charge in [-0.3, -0.25) is 0 Å². The van der Waals surface area contributed by atoms with Gasteiger partial charge < -0.3 is 29.4 Å². The van der Waals surface area contributed by atoms with Crippen LogP contribution in [0, 0.1) is 0 Å². The highest BCUT2D eigenvalue weighted by Crippen LogP contribution is 1.85. The fourth-order valence-electron chi connectivity index (χ4n) is 0.994. The molecular weight excluding hydrogens is 226 g/mol. The molecule has 104 valence electrons. The van der Waals surface area contributed by atoms with E-state index in [4.69, 9.17) is 24.1 Å². The monoisotopic (exact) mass is 251 g/mol. The van der Waals surface area contributed by atoms with Crippen LogP contribution < -0.4 is 5.32 Å². The Morgan fingerprint density at radius 1 is 0.882 bits per heavy atom. The molecule has 0 aliphatic carbocycles. The molecule has 0 rings (SSSR count). The topological polar surface area (TPSA) is 69.2 Å². The van der Waals surface area contributed by atoms with Crippen molar-refractivity contribution in [2.24, 2.45) is 0 Å². The molecule has 2 N–H and O–H groups in total. The third-order valence-corrected chi connectivity index (χ3v) is 1.83. The molecule has 17 heavy (non-hydrogen) atoms. The second-order valence-electron chi connectivity index (χ2n) is 3.41. The predicted molar refractivity (Wildman–Crippen MR) is 64.0 cm³/mol. The number of hydrogen-bond acceptors (Lipinski definition) is 6. The Kier molecular flexibility index (Phi) is 13.6. The number of hydrogen-bond donors (Lipinski definition) is 2. The van der Waals surface area contributed by atoms with Crippen LogP contribution in [-0.4, -0.2) is 71.2 Å². The van der Waals surface area contributed by atoms with Crippen LogP contribution in [0.15, 0.2) is 0 Å². The Balaban J connectivity index is 2.89. The first-order valence-corrected chi connectivity index (χ1v) is 5.95. The molecule has 0 heterocycles. The number of aliphatic hydroxyl groups excluding tert-OH is 1. The summed E-state index contributed by atoms with van der Waals surface area (Å²) in [5, 5.41) is 11.8. The van der Waals surface area contributed by atoms with Crippen molar-refractivity contribution in [3.8, 4) is 0 Å². The van der Waals surface area contributed by atoms with E-state index in [0.717, 1.165) is 6.54 Å². The zero-order valence-corrected chi connectivity index (χ0v) is 10.8. The summed E-state index contributed by atoms with van der Waals surface area (Å²) in [6.07, 6.45) is -0.732. The van der Waals surface area contributed by atoms with E-state index in [2.05, 4.69) is 5.32 Å². The van der Waals surface area contributed by atoms with Gasteiger partial charge in [0, 0.05) is 6.54 Å². The van der Waals surface area contributed by atoms with Crippen molar-refractivity contribution in [3.05, 3.63) is 0 Å². The highest BCUT2D eigenvalue weighted by atomic mass is 16.6. The average molecular weight is 251 g/mol. The van der Waals surface area contributed by atoms with E-state index in [1.54, 1.807) is 6.92 Å². The summed E-state index contributed by atoms with van der Waals surface area (Å²) in [4.78, 5) is 0. The van der Waals surface area contributed by atoms with Gasteiger partial charge >= 0.3 is 0 Å². The van der Waals surface area contributed by atoms with E-state index in [1.165, 1.54) is 0 Å². The van der Waals surface area contributed by atoms with Crippen molar-refractivity contribution in [2.75, 3.05) is 59.8 Å². The molecule has 0 radical (unpaired) electrons. The van der Waals surface area contributed by atoms with E-state index in [-0.39, 0.29) is 0 Å². The SMILES string of the molecule is CNCCOCCOCCOCCOC(C)O. The summed E-state index contributed by atoms with van der Waals surface area (Å²) in [5.41, 5.74) is 0. The molecule has 0 spiro atoms. The van der Waals surface area contributed by atoms with Gasteiger partial charge in [-0.05, 0) is 14.0 Å². The van der Waals surface area contributed by atoms with Crippen molar-refractivity contribution in [3.63, 3.8) is 0 Å². The van der Waals surface area contributed by atoms with E-state index in [0.29, 0.717) is 46.2 Å². The Bertz CT molecular complexity index is 146. The zero-order chi connectivity index (χ0) is 12.8. The standard InChI is InChI=1S/C11H25NO5/c1-11(13)17-10-9-16-8-7-15-6-5-14-4-3-12-2/h11-13H,3-10H2,1-2H3.